The second-order valence-electron chi connectivity index (χ2n) is 5.37. The van der Waals surface area contributed by atoms with Crippen LogP contribution in [-0.2, 0) is 4.74 Å². The van der Waals surface area contributed by atoms with Gasteiger partial charge in [0, 0.05) is 19.2 Å². The van der Waals surface area contributed by atoms with Crippen LogP contribution in [0.1, 0.15) is 39.5 Å². The summed E-state index contributed by atoms with van der Waals surface area (Å²) in [6.45, 7) is 6.67. The van der Waals surface area contributed by atoms with Gasteiger partial charge in [0.05, 0.1) is 6.10 Å². The van der Waals surface area contributed by atoms with E-state index in [9.17, 15) is 0 Å². The second kappa shape index (κ2) is 4.63. The van der Waals surface area contributed by atoms with E-state index in [4.69, 9.17) is 4.74 Å². The van der Waals surface area contributed by atoms with Gasteiger partial charge in [0.1, 0.15) is 0 Å². The maximum absolute atomic E-state index is 5.88. The van der Waals surface area contributed by atoms with Crippen molar-refractivity contribution in [1.82, 2.24) is 5.32 Å². The Morgan fingerprint density at radius 1 is 1.36 bits per heavy atom. The van der Waals surface area contributed by atoms with Crippen molar-refractivity contribution in [2.24, 2.45) is 11.8 Å². The van der Waals surface area contributed by atoms with Crippen molar-refractivity contribution in [3.8, 4) is 0 Å². The number of hydrogen-bond acceptors (Lipinski definition) is 2. The van der Waals surface area contributed by atoms with E-state index in [1.807, 2.05) is 0 Å². The van der Waals surface area contributed by atoms with Crippen LogP contribution in [0.4, 0.5) is 0 Å². The zero-order valence-corrected chi connectivity index (χ0v) is 9.46. The predicted molar refractivity (Wildman–Crippen MR) is 58.3 cm³/mol. The lowest BCUT2D eigenvalue weighted by Gasteiger charge is -2.13. The average Bonchev–Trinajstić information content (AvgIpc) is 2.84. The van der Waals surface area contributed by atoms with Gasteiger partial charge in [0.15, 0.2) is 0 Å². The molecule has 0 spiro atoms. The minimum atomic E-state index is 0.499. The van der Waals surface area contributed by atoms with E-state index in [0.717, 1.165) is 25.0 Å². The monoisotopic (exact) mass is 197 g/mol. The highest BCUT2D eigenvalue weighted by atomic mass is 16.5. The molecule has 1 aliphatic carbocycles. The molecule has 1 aliphatic heterocycles. The SMILES string of the molecule is CC(C)C[C@H]1C[C@@H](OCC2CC2)CN1. The smallest absolute Gasteiger partial charge is 0.0714 e. The van der Waals surface area contributed by atoms with Crippen molar-refractivity contribution in [1.29, 1.82) is 0 Å². The molecule has 0 radical (unpaired) electrons. The van der Waals surface area contributed by atoms with Gasteiger partial charge in [-0.25, -0.2) is 0 Å². The molecule has 0 aromatic heterocycles. The van der Waals surface area contributed by atoms with Crippen molar-refractivity contribution in [3.05, 3.63) is 0 Å². The molecule has 0 aromatic rings. The fourth-order valence-corrected chi connectivity index (χ4v) is 2.21. The summed E-state index contributed by atoms with van der Waals surface area (Å²) in [6.07, 6.45) is 5.82. The molecule has 2 aliphatic rings. The minimum absolute atomic E-state index is 0.499. The first-order valence-corrected chi connectivity index (χ1v) is 6.09. The van der Waals surface area contributed by atoms with Crippen LogP contribution in [-0.4, -0.2) is 25.3 Å². The highest BCUT2D eigenvalue weighted by Gasteiger charge is 2.28. The third-order valence-corrected chi connectivity index (χ3v) is 3.20. The van der Waals surface area contributed by atoms with Crippen LogP contribution in [0.5, 0.6) is 0 Å². The fraction of sp³-hybridized carbons (Fsp3) is 1.00. The number of ether oxygens (including phenoxy) is 1. The molecule has 2 heteroatoms. The summed E-state index contributed by atoms with van der Waals surface area (Å²) in [4.78, 5) is 0. The largest absolute Gasteiger partial charge is 0.377 e. The van der Waals surface area contributed by atoms with Gasteiger partial charge in [-0.2, -0.15) is 0 Å². The summed E-state index contributed by atoms with van der Waals surface area (Å²) in [5.74, 6) is 1.70. The van der Waals surface area contributed by atoms with Crippen LogP contribution < -0.4 is 5.32 Å². The van der Waals surface area contributed by atoms with Gasteiger partial charge < -0.3 is 10.1 Å². The third-order valence-electron chi connectivity index (χ3n) is 3.20. The molecule has 0 amide bonds. The number of nitrogens with one attached hydrogen (secondary N) is 1. The van der Waals surface area contributed by atoms with Gasteiger partial charge in [0.25, 0.3) is 0 Å². The van der Waals surface area contributed by atoms with Crippen LogP contribution in [0.15, 0.2) is 0 Å². The molecule has 0 bridgehead atoms. The summed E-state index contributed by atoms with van der Waals surface area (Å²) >= 11 is 0. The average molecular weight is 197 g/mol. The van der Waals surface area contributed by atoms with Crippen LogP contribution in [0.2, 0.25) is 0 Å². The number of rotatable bonds is 5. The van der Waals surface area contributed by atoms with E-state index in [-0.39, 0.29) is 0 Å². The third kappa shape index (κ3) is 3.25. The summed E-state index contributed by atoms with van der Waals surface area (Å²) < 4.78 is 5.88. The molecule has 1 saturated heterocycles. The highest BCUT2D eigenvalue weighted by molar-refractivity contribution is 4.83. The maximum atomic E-state index is 5.88. The zero-order chi connectivity index (χ0) is 9.97. The van der Waals surface area contributed by atoms with Gasteiger partial charge in [0.2, 0.25) is 0 Å². The summed E-state index contributed by atoms with van der Waals surface area (Å²) in [5, 5.41) is 3.56. The van der Waals surface area contributed by atoms with Crippen molar-refractivity contribution >= 4 is 0 Å². The summed E-state index contributed by atoms with van der Waals surface area (Å²) in [7, 11) is 0. The maximum Gasteiger partial charge on any atom is 0.0714 e. The van der Waals surface area contributed by atoms with Crippen molar-refractivity contribution < 1.29 is 4.74 Å². The lowest BCUT2D eigenvalue weighted by Crippen LogP contribution is -2.23. The van der Waals surface area contributed by atoms with Crippen molar-refractivity contribution in [3.63, 3.8) is 0 Å². The van der Waals surface area contributed by atoms with Gasteiger partial charge in [-0.05, 0) is 37.5 Å². The molecule has 2 nitrogen and oxygen atoms in total. The van der Waals surface area contributed by atoms with Crippen LogP contribution >= 0.6 is 0 Å². The molecule has 0 aromatic carbocycles. The minimum Gasteiger partial charge on any atom is -0.377 e. The highest BCUT2D eigenvalue weighted by Crippen LogP contribution is 2.30. The number of hydrogen-bond donors (Lipinski definition) is 1. The lowest BCUT2D eigenvalue weighted by atomic mass is 10.0. The van der Waals surface area contributed by atoms with Gasteiger partial charge in [-0.15, -0.1) is 0 Å². The molecule has 2 atom stereocenters. The molecule has 0 unspecified atom stereocenters. The summed E-state index contributed by atoms with van der Waals surface area (Å²) in [5.41, 5.74) is 0. The molecule has 2 rings (SSSR count). The standard InChI is InChI=1S/C12H23NO/c1-9(2)5-11-6-12(7-13-11)14-8-10-3-4-10/h9-13H,3-8H2,1-2H3/t11-,12+/m0/s1. The van der Waals surface area contributed by atoms with Gasteiger partial charge in [-0.1, -0.05) is 13.8 Å². The molecule has 14 heavy (non-hydrogen) atoms. The molecule has 82 valence electrons. The van der Waals surface area contributed by atoms with E-state index in [0.29, 0.717) is 12.1 Å². The fourth-order valence-electron chi connectivity index (χ4n) is 2.21. The molecule has 2 fully saturated rings. The topological polar surface area (TPSA) is 21.3 Å². The molecule has 1 saturated carbocycles. The van der Waals surface area contributed by atoms with E-state index < -0.39 is 0 Å². The van der Waals surface area contributed by atoms with Crippen LogP contribution in [0.25, 0.3) is 0 Å². The Morgan fingerprint density at radius 2 is 2.14 bits per heavy atom. The Bertz CT molecular complexity index is 177. The molecular formula is C12H23NO. The molecule has 1 N–H and O–H groups in total. The Kier molecular flexibility index (Phi) is 3.45. The van der Waals surface area contributed by atoms with Crippen LogP contribution in [0.3, 0.4) is 0 Å². The van der Waals surface area contributed by atoms with Crippen molar-refractivity contribution in [2.45, 2.75) is 51.7 Å². The normalized spacial score (nSPS) is 32.8. The van der Waals surface area contributed by atoms with E-state index in [1.54, 1.807) is 0 Å². The molecular weight excluding hydrogens is 174 g/mol. The second-order valence-corrected chi connectivity index (χ2v) is 5.37. The lowest BCUT2D eigenvalue weighted by molar-refractivity contribution is 0.0574. The quantitative estimate of drug-likeness (QED) is 0.729. The van der Waals surface area contributed by atoms with E-state index in [1.165, 1.54) is 25.7 Å². The van der Waals surface area contributed by atoms with Crippen molar-refractivity contribution in [2.75, 3.05) is 13.2 Å². The summed E-state index contributed by atoms with van der Waals surface area (Å²) in [6, 6.07) is 0.708. The van der Waals surface area contributed by atoms with Crippen LogP contribution in [0, 0.1) is 11.8 Å². The van der Waals surface area contributed by atoms with E-state index in [2.05, 4.69) is 19.2 Å². The first kappa shape index (κ1) is 10.4. The van der Waals surface area contributed by atoms with Gasteiger partial charge >= 0.3 is 0 Å². The van der Waals surface area contributed by atoms with Gasteiger partial charge in [-0.3, -0.25) is 0 Å². The Morgan fingerprint density at radius 3 is 2.79 bits per heavy atom. The first-order valence-electron chi connectivity index (χ1n) is 6.09. The Hall–Kier alpha value is -0.0800. The zero-order valence-electron chi connectivity index (χ0n) is 9.46. The predicted octanol–water partition coefficient (Wildman–Crippen LogP) is 2.19. The first-order chi connectivity index (χ1) is 6.74. The Balaban J connectivity index is 1.60. The Labute approximate surface area is 87.4 Å². The van der Waals surface area contributed by atoms with E-state index >= 15 is 0 Å². The molecule has 1 heterocycles.